The third-order valence-corrected chi connectivity index (χ3v) is 2.16. The highest BCUT2D eigenvalue weighted by Gasteiger charge is 2.23. The molecule has 0 aliphatic carbocycles. The standard InChI is InChI=1S/C4H8BrF2NO2S/c1-3(5)2-8-11(9,10)4(6)7/h3-4,8H,2H2,1H3. The molecule has 0 saturated heterocycles. The van der Waals surface area contributed by atoms with Crippen LogP contribution in [0.4, 0.5) is 8.78 Å². The van der Waals surface area contributed by atoms with Crippen molar-refractivity contribution in [2.75, 3.05) is 6.54 Å². The van der Waals surface area contributed by atoms with Crippen LogP contribution >= 0.6 is 15.9 Å². The topological polar surface area (TPSA) is 46.2 Å². The number of rotatable bonds is 4. The summed E-state index contributed by atoms with van der Waals surface area (Å²) in [7, 11) is -4.41. The van der Waals surface area contributed by atoms with Crippen LogP contribution in [0.1, 0.15) is 6.92 Å². The summed E-state index contributed by atoms with van der Waals surface area (Å²) in [5.74, 6) is -3.35. The number of sulfonamides is 1. The summed E-state index contributed by atoms with van der Waals surface area (Å²) in [4.78, 5) is -0.156. The van der Waals surface area contributed by atoms with Gasteiger partial charge >= 0.3 is 5.76 Å². The molecule has 0 radical (unpaired) electrons. The minimum absolute atomic E-state index is 0.0350. The van der Waals surface area contributed by atoms with E-state index in [0.717, 1.165) is 0 Å². The van der Waals surface area contributed by atoms with Gasteiger partial charge < -0.3 is 0 Å². The van der Waals surface area contributed by atoms with Gasteiger partial charge in [-0.15, -0.1) is 0 Å². The average Bonchev–Trinajstić information content (AvgIpc) is 1.84. The van der Waals surface area contributed by atoms with Gasteiger partial charge in [0.25, 0.3) is 10.0 Å². The van der Waals surface area contributed by atoms with E-state index in [1.807, 2.05) is 0 Å². The SMILES string of the molecule is CC(Br)CNS(=O)(=O)C(F)F. The Kier molecular flexibility index (Phi) is 4.42. The lowest BCUT2D eigenvalue weighted by atomic mass is 10.5. The first-order valence-corrected chi connectivity index (χ1v) is 5.23. The second-order valence-electron chi connectivity index (χ2n) is 1.93. The summed E-state index contributed by atoms with van der Waals surface area (Å²) in [6, 6.07) is 0. The van der Waals surface area contributed by atoms with Gasteiger partial charge in [-0.3, -0.25) is 0 Å². The van der Waals surface area contributed by atoms with Crippen LogP contribution in [-0.2, 0) is 10.0 Å². The molecule has 0 fully saturated rings. The van der Waals surface area contributed by atoms with E-state index >= 15 is 0 Å². The number of alkyl halides is 3. The number of hydrogen-bond donors (Lipinski definition) is 1. The fourth-order valence-electron chi connectivity index (χ4n) is 0.294. The molecule has 0 bridgehead atoms. The summed E-state index contributed by atoms with van der Waals surface area (Å²) in [5, 5.41) is 0. The smallest absolute Gasteiger partial charge is 0.209 e. The van der Waals surface area contributed by atoms with Crippen LogP contribution in [0.5, 0.6) is 0 Å². The predicted molar refractivity (Wildman–Crippen MR) is 41.3 cm³/mol. The van der Waals surface area contributed by atoms with Gasteiger partial charge in [-0.25, -0.2) is 13.1 Å². The van der Waals surface area contributed by atoms with Crippen molar-refractivity contribution in [3.05, 3.63) is 0 Å². The molecule has 0 aromatic rings. The lowest BCUT2D eigenvalue weighted by Gasteiger charge is -2.05. The van der Waals surface area contributed by atoms with E-state index in [2.05, 4.69) is 15.9 Å². The minimum atomic E-state index is -4.41. The largest absolute Gasteiger partial charge is 0.350 e. The normalized spacial score (nSPS) is 15.4. The Morgan fingerprint density at radius 3 is 2.27 bits per heavy atom. The van der Waals surface area contributed by atoms with Gasteiger partial charge in [-0.05, 0) is 0 Å². The molecule has 1 N–H and O–H groups in total. The first-order valence-electron chi connectivity index (χ1n) is 2.77. The van der Waals surface area contributed by atoms with Crippen LogP contribution in [0, 0.1) is 0 Å². The lowest BCUT2D eigenvalue weighted by Crippen LogP contribution is -2.32. The number of nitrogens with one attached hydrogen (secondary N) is 1. The summed E-state index contributed by atoms with van der Waals surface area (Å²) >= 11 is 3.00. The molecule has 7 heteroatoms. The predicted octanol–water partition coefficient (Wildman–Crippen LogP) is 0.912. The maximum Gasteiger partial charge on any atom is 0.350 e. The van der Waals surface area contributed by atoms with Gasteiger partial charge in [0, 0.05) is 11.4 Å². The zero-order valence-corrected chi connectivity index (χ0v) is 8.12. The van der Waals surface area contributed by atoms with Crippen molar-refractivity contribution in [1.29, 1.82) is 0 Å². The van der Waals surface area contributed by atoms with Crippen LogP contribution in [0.3, 0.4) is 0 Å². The van der Waals surface area contributed by atoms with Crippen molar-refractivity contribution in [3.63, 3.8) is 0 Å². The van der Waals surface area contributed by atoms with E-state index in [1.54, 1.807) is 11.6 Å². The fraction of sp³-hybridized carbons (Fsp3) is 1.00. The monoisotopic (exact) mass is 251 g/mol. The molecule has 0 amide bonds. The van der Waals surface area contributed by atoms with Crippen molar-refractivity contribution in [1.82, 2.24) is 4.72 Å². The Morgan fingerprint density at radius 2 is 2.00 bits per heavy atom. The molecular weight excluding hydrogens is 244 g/mol. The highest BCUT2D eigenvalue weighted by Crippen LogP contribution is 2.03. The molecule has 0 rings (SSSR count). The second kappa shape index (κ2) is 4.32. The first-order chi connectivity index (χ1) is 4.86. The third-order valence-electron chi connectivity index (χ3n) is 0.800. The van der Waals surface area contributed by atoms with Gasteiger partial charge in [-0.2, -0.15) is 8.78 Å². The summed E-state index contributed by atoms with van der Waals surface area (Å²) < 4.78 is 45.6. The molecule has 0 aliphatic heterocycles. The molecule has 68 valence electrons. The molecule has 0 spiro atoms. The lowest BCUT2D eigenvalue weighted by molar-refractivity contribution is 0.232. The van der Waals surface area contributed by atoms with Crippen molar-refractivity contribution >= 4 is 26.0 Å². The van der Waals surface area contributed by atoms with Crippen molar-refractivity contribution < 1.29 is 17.2 Å². The van der Waals surface area contributed by atoms with E-state index in [4.69, 9.17) is 0 Å². The highest BCUT2D eigenvalue weighted by molar-refractivity contribution is 9.09. The zero-order valence-electron chi connectivity index (χ0n) is 5.72. The summed E-state index contributed by atoms with van der Waals surface area (Å²) in [6.07, 6.45) is 0. The third kappa shape index (κ3) is 4.65. The Morgan fingerprint density at radius 1 is 1.55 bits per heavy atom. The zero-order chi connectivity index (χ0) is 9.07. The highest BCUT2D eigenvalue weighted by atomic mass is 79.9. The quantitative estimate of drug-likeness (QED) is 0.756. The van der Waals surface area contributed by atoms with Gasteiger partial charge in [0.2, 0.25) is 0 Å². The van der Waals surface area contributed by atoms with E-state index in [1.165, 1.54) is 0 Å². The van der Waals surface area contributed by atoms with E-state index in [0.29, 0.717) is 0 Å². The van der Waals surface area contributed by atoms with E-state index in [-0.39, 0.29) is 11.4 Å². The molecule has 0 saturated carbocycles. The fourth-order valence-corrected chi connectivity index (χ4v) is 1.28. The van der Waals surface area contributed by atoms with Gasteiger partial charge in [-0.1, -0.05) is 22.9 Å². The van der Waals surface area contributed by atoms with Crippen molar-refractivity contribution in [2.24, 2.45) is 0 Å². The van der Waals surface area contributed by atoms with Crippen LogP contribution in [-0.4, -0.2) is 25.5 Å². The Bertz CT molecular complexity index is 204. The molecule has 1 atom stereocenters. The summed E-state index contributed by atoms with van der Waals surface area (Å²) in [5.41, 5.74) is 0. The van der Waals surface area contributed by atoms with Crippen LogP contribution in [0.2, 0.25) is 0 Å². The van der Waals surface area contributed by atoms with Crippen molar-refractivity contribution in [2.45, 2.75) is 17.5 Å². The summed E-state index contributed by atoms with van der Waals surface area (Å²) in [6.45, 7) is 1.61. The average molecular weight is 252 g/mol. The Labute approximate surface area is 72.3 Å². The molecule has 0 aromatic carbocycles. The van der Waals surface area contributed by atoms with E-state index in [9.17, 15) is 17.2 Å². The second-order valence-corrected chi connectivity index (χ2v) is 5.23. The number of halogens is 3. The molecule has 1 unspecified atom stereocenters. The van der Waals surface area contributed by atoms with Gasteiger partial charge in [0.1, 0.15) is 0 Å². The minimum Gasteiger partial charge on any atom is -0.209 e. The van der Waals surface area contributed by atoms with Gasteiger partial charge in [0.15, 0.2) is 0 Å². The molecule has 3 nitrogen and oxygen atoms in total. The Balaban J connectivity index is 3.95. The maximum atomic E-state index is 11.6. The van der Waals surface area contributed by atoms with E-state index < -0.39 is 15.8 Å². The first kappa shape index (κ1) is 11.2. The van der Waals surface area contributed by atoms with Crippen LogP contribution < -0.4 is 4.72 Å². The molecule has 0 aromatic heterocycles. The molecule has 0 aliphatic rings. The molecular formula is C4H8BrF2NO2S. The maximum absolute atomic E-state index is 11.6. The molecule has 11 heavy (non-hydrogen) atoms. The van der Waals surface area contributed by atoms with Crippen LogP contribution in [0.15, 0.2) is 0 Å². The van der Waals surface area contributed by atoms with Crippen LogP contribution in [0.25, 0.3) is 0 Å². The van der Waals surface area contributed by atoms with Crippen molar-refractivity contribution in [3.8, 4) is 0 Å². The Hall–Kier alpha value is 0.250. The number of hydrogen-bond acceptors (Lipinski definition) is 2. The van der Waals surface area contributed by atoms with Gasteiger partial charge in [0.05, 0.1) is 0 Å². The molecule has 0 heterocycles.